The van der Waals surface area contributed by atoms with Crippen molar-refractivity contribution in [1.29, 1.82) is 0 Å². The summed E-state index contributed by atoms with van der Waals surface area (Å²) in [6.07, 6.45) is 0. The Kier molecular flexibility index (Phi) is 7.31. The highest BCUT2D eigenvalue weighted by Crippen LogP contribution is 2.25. The minimum Gasteiger partial charge on any atom is -0.497 e. The van der Waals surface area contributed by atoms with Crippen LogP contribution in [0.1, 0.15) is 38.1 Å². The number of ether oxygens (including phenoxy) is 2. The van der Waals surface area contributed by atoms with E-state index in [9.17, 15) is 14.4 Å². The minimum atomic E-state index is -0.375. The Bertz CT molecular complexity index is 1210. The van der Waals surface area contributed by atoms with Crippen LogP contribution >= 0.6 is 11.3 Å². The topological polar surface area (TPSA) is 101 Å². The van der Waals surface area contributed by atoms with Gasteiger partial charge in [0.05, 0.1) is 14.2 Å². The molecule has 0 spiro atoms. The first-order valence-electron chi connectivity index (χ1n) is 11.0. The molecule has 182 valence electrons. The van der Waals surface area contributed by atoms with E-state index in [-0.39, 0.29) is 17.6 Å². The number of rotatable bonds is 7. The Balaban J connectivity index is 1.35. The van der Waals surface area contributed by atoms with Gasteiger partial charge >= 0.3 is 0 Å². The molecule has 9 nitrogen and oxygen atoms in total. The minimum absolute atomic E-state index is 0.0361. The van der Waals surface area contributed by atoms with Crippen molar-refractivity contribution in [2.45, 2.75) is 6.92 Å². The van der Waals surface area contributed by atoms with Crippen LogP contribution in [0.5, 0.6) is 11.5 Å². The van der Waals surface area contributed by atoms with Gasteiger partial charge in [0, 0.05) is 54.4 Å². The van der Waals surface area contributed by atoms with Crippen LogP contribution < -0.4 is 19.7 Å². The van der Waals surface area contributed by atoms with E-state index in [0.717, 1.165) is 5.69 Å². The van der Waals surface area contributed by atoms with Gasteiger partial charge in [0.25, 0.3) is 11.8 Å². The Labute approximate surface area is 207 Å². The molecule has 0 saturated carbocycles. The summed E-state index contributed by atoms with van der Waals surface area (Å²) in [4.78, 5) is 45.4. The molecule has 0 radical (unpaired) electrons. The zero-order valence-electron chi connectivity index (χ0n) is 19.7. The first kappa shape index (κ1) is 24.2. The second-order valence-electron chi connectivity index (χ2n) is 7.98. The standard InChI is InChI=1S/C25H26N4O5S/c1-16(30)17-4-6-19(7-5-17)28-8-10-29(11-9-28)24(32)22-15-35-25(26-22)27-23(31)18-12-20(33-2)14-21(13-18)34-3/h4-7,12-15H,8-11H2,1-3H3,(H,26,27,31). The van der Waals surface area contributed by atoms with Gasteiger partial charge in [-0.05, 0) is 43.3 Å². The van der Waals surface area contributed by atoms with Crippen LogP contribution in [-0.2, 0) is 0 Å². The molecule has 0 atom stereocenters. The van der Waals surface area contributed by atoms with Gasteiger partial charge in [0.1, 0.15) is 17.2 Å². The molecule has 3 aromatic rings. The third-order valence-corrected chi connectivity index (χ3v) is 6.52. The Morgan fingerprint density at radius 1 is 0.914 bits per heavy atom. The molecule has 0 aliphatic carbocycles. The van der Waals surface area contributed by atoms with Crippen molar-refractivity contribution in [2.24, 2.45) is 0 Å². The summed E-state index contributed by atoms with van der Waals surface area (Å²) < 4.78 is 10.4. The summed E-state index contributed by atoms with van der Waals surface area (Å²) >= 11 is 1.19. The number of carbonyl (C=O) groups excluding carboxylic acids is 3. The maximum Gasteiger partial charge on any atom is 0.273 e. The lowest BCUT2D eigenvalue weighted by Gasteiger charge is -2.35. The number of aromatic nitrogens is 1. The van der Waals surface area contributed by atoms with Gasteiger partial charge in [0.2, 0.25) is 0 Å². The van der Waals surface area contributed by atoms with Gasteiger partial charge in [-0.2, -0.15) is 0 Å². The third-order valence-electron chi connectivity index (χ3n) is 5.76. The monoisotopic (exact) mass is 494 g/mol. The van der Waals surface area contributed by atoms with Gasteiger partial charge in [-0.15, -0.1) is 11.3 Å². The van der Waals surface area contributed by atoms with Crippen molar-refractivity contribution in [3.8, 4) is 11.5 Å². The number of hydrogen-bond donors (Lipinski definition) is 1. The normalized spacial score (nSPS) is 13.3. The average Bonchev–Trinajstić information content (AvgIpc) is 3.36. The molecule has 1 fully saturated rings. The number of hydrogen-bond acceptors (Lipinski definition) is 8. The Morgan fingerprint density at radius 3 is 2.11 bits per heavy atom. The molecule has 1 aromatic heterocycles. The van der Waals surface area contributed by atoms with Crippen LogP contribution in [0.3, 0.4) is 0 Å². The number of carbonyl (C=O) groups is 3. The number of ketones is 1. The number of thiazole rings is 1. The number of methoxy groups -OCH3 is 2. The molecule has 0 unspecified atom stereocenters. The second kappa shape index (κ2) is 10.6. The summed E-state index contributed by atoms with van der Waals surface area (Å²) in [5.41, 5.74) is 2.36. The molecule has 35 heavy (non-hydrogen) atoms. The predicted octanol–water partition coefficient (Wildman–Crippen LogP) is 3.58. The molecule has 1 aliphatic rings. The summed E-state index contributed by atoms with van der Waals surface area (Å²) in [5.74, 6) is 0.488. The van der Waals surface area contributed by atoms with E-state index in [0.29, 0.717) is 59.6 Å². The molecule has 10 heteroatoms. The van der Waals surface area contributed by atoms with E-state index in [4.69, 9.17) is 9.47 Å². The van der Waals surface area contributed by atoms with E-state index in [1.807, 2.05) is 24.3 Å². The fraction of sp³-hybridized carbons (Fsp3) is 0.280. The summed E-state index contributed by atoms with van der Waals surface area (Å²) in [6, 6.07) is 12.4. The lowest BCUT2D eigenvalue weighted by atomic mass is 10.1. The molecule has 2 heterocycles. The van der Waals surface area contributed by atoms with Crippen molar-refractivity contribution >= 4 is 39.8 Å². The zero-order valence-corrected chi connectivity index (χ0v) is 20.6. The maximum atomic E-state index is 13.0. The quantitative estimate of drug-likeness (QED) is 0.501. The Morgan fingerprint density at radius 2 is 1.54 bits per heavy atom. The van der Waals surface area contributed by atoms with Crippen LogP contribution in [0.15, 0.2) is 47.8 Å². The zero-order chi connectivity index (χ0) is 24.9. The SMILES string of the molecule is COc1cc(OC)cc(C(=O)Nc2nc(C(=O)N3CCN(c4ccc(C(C)=O)cc4)CC3)cs2)c1. The predicted molar refractivity (Wildman–Crippen MR) is 134 cm³/mol. The molecular weight excluding hydrogens is 468 g/mol. The van der Waals surface area contributed by atoms with Crippen molar-refractivity contribution in [3.63, 3.8) is 0 Å². The second-order valence-corrected chi connectivity index (χ2v) is 8.83. The van der Waals surface area contributed by atoms with E-state index in [1.54, 1.807) is 35.4 Å². The highest BCUT2D eigenvalue weighted by Gasteiger charge is 2.24. The fourth-order valence-electron chi connectivity index (χ4n) is 3.77. The van der Waals surface area contributed by atoms with Crippen molar-refractivity contribution in [2.75, 3.05) is 50.6 Å². The van der Waals surface area contributed by atoms with Crippen LogP contribution in [0.2, 0.25) is 0 Å². The maximum absolute atomic E-state index is 13.0. The summed E-state index contributed by atoms with van der Waals surface area (Å²) in [6.45, 7) is 4.00. The van der Waals surface area contributed by atoms with E-state index >= 15 is 0 Å². The molecule has 1 N–H and O–H groups in total. The largest absolute Gasteiger partial charge is 0.497 e. The number of anilines is 2. The number of amides is 2. The van der Waals surface area contributed by atoms with Gasteiger partial charge < -0.3 is 19.3 Å². The number of benzene rings is 2. The first-order valence-corrected chi connectivity index (χ1v) is 11.9. The molecule has 0 bridgehead atoms. The number of Topliss-reactive ketones (excluding diaryl/α,β-unsaturated/α-hetero) is 1. The lowest BCUT2D eigenvalue weighted by molar-refractivity contribution is 0.0741. The number of nitrogens with zero attached hydrogens (tertiary/aromatic N) is 3. The smallest absolute Gasteiger partial charge is 0.273 e. The molecule has 1 saturated heterocycles. The number of nitrogens with one attached hydrogen (secondary N) is 1. The van der Waals surface area contributed by atoms with Crippen LogP contribution in [0.25, 0.3) is 0 Å². The van der Waals surface area contributed by atoms with E-state index in [2.05, 4.69) is 15.2 Å². The van der Waals surface area contributed by atoms with Gasteiger partial charge in [-0.1, -0.05) is 0 Å². The van der Waals surface area contributed by atoms with E-state index < -0.39 is 0 Å². The number of piperazine rings is 1. The highest BCUT2D eigenvalue weighted by molar-refractivity contribution is 7.14. The molecular formula is C25H26N4O5S. The van der Waals surface area contributed by atoms with Gasteiger partial charge in [-0.25, -0.2) is 4.98 Å². The fourth-order valence-corrected chi connectivity index (χ4v) is 4.45. The first-order chi connectivity index (χ1) is 16.9. The summed E-state index contributed by atoms with van der Waals surface area (Å²) in [5, 5.41) is 4.72. The Hall–Kier alpha value is -3.92. The average molecular weight is 495 g/mol. The van der Waals surface area contributed by atoms with Gasteiger partial charge in [-0.3, -0.25) is 19.7 Å². The highest BCUT2D eigenvalue weighted by atomic mass is 32.1. The molecule has 4 rings (SSSR count). The van der Waals surface area contributed by atoms with Crippen molar-refractivity contribution in [1.82, 2.24) is 9.88 Å². The van der Waals surface area contributed by atoms with Crippen LogP contribution in [-0.4, -0.2) is 67.9 Å². The lowest BCUT2D eigenvalue weighted by Crippen LogP contribution is -2.48. The van der Waals surface area contributed by atoms with Crippen LogP contribution in [0.4, 0.5) is 10.8 Å². The van der Waals surface area contributed by atoms with Crippen LogP contribution in [0, 0.1) is 0 Å². The summed E-state index contributed by atoms with van der Waals surface area (Å²) in [7, 11) is 3.03. The van der Waals surface area contributed by atoms with Gasteiger partial charge in [0.15, 0.2) is 10.9 Å². The molecule has 2 amide bonds. The van der Waals surface area contributed by atoms with Crippen molar-refractivity contribution in [3.05, 3.63) is 64.7 Å². The molecule has 2 aromatic carbocycles. The van der Waals surface area contributed by atoms with Crippen molar-refractivity contribution < 1.29 is 23.9 Å². The van der Waals surface area contributed by atoms with E-state index in [1.165, 1.54) is 25.6 Å². The third kappa shape index (κ3) is 5.60. The molecule has 1 aliphatic heterocycles.